The highest BCUT2D eigenvalue weighted by Gasteiger charge is 2.45. The molecule has 8 aromatic carbocycles. The maximum absolute atomic E-state index is 3.66. The molecule has 0 spiro atoms. The molecule has 4 aliphatic carbocycles. The van der Waals surface area contributed by atoms with Gasteiger partial charge in [-0.15, -0.1) is 5.92 Å². The SMILES string of the molecule is C1#C[C@H]2CC3CC(C3)CC(c3cccc(N(c4ccc(-c5ccc(-c6cccc(-n7c8ccccc8c8ccccc87)c6)cc5)cc4)c4cccc5ccccc45)c3)(C1)C2. The Kier molecular flexibility index (Phi) is 8.31. The Bertz CT molecular complexity index is 3080. The van der Waals surface area contributed by atoms with Crippen LogP contribution < -0.4 is 4.90 Å². The van der Waals surface area contributed by atoms with Gasteiger partial charge in [0.15, 0.2) is 0 Å². The molecule has 1 unspecified atom stereocenters. The van der Waals surface area contributed by atoms with E-state index >= 15 is 0 Å². The highest BCUT2D eigenvalue weighted by molar-refractivity contribution is 6.09. The van der Waals surface area contributed by atoms with Gasteiger partial charge in [0, 0.05) is 51.0 Å². The van der Waals surface area contributed by atoms with Crippen molar-refractivity contribution < 1.29 is 0 Å². The van der Waals surface area contributed by atoms with Crippen LogP contribution in [-0.4, -0.2) is 4.57 Å². The highest BCUT2D eigenvalue weighted by atomic mass is 15.1. The minimum atomic E-state index is 0.134. The summed E-state index contributed by atoms with van der Waals surface area (Å²) >= 11 is 0. The first-order valence-electron chi connectivity index (χ1n) is 21.8. The van der Waals surface area contributed by atoms with Crippen LogP contribution in [0.1, 0.15) is 44.1 Å². The second-order valence-corrected chi connectivity index (χ2v) is 17.8. The molecule has 0 radical (unpaired) electrons. The first kappa shape index (κ1) is 35.2. The Balaban J connectivity index is 0.884. The minimum Gasteiger partial charge on any atom is -0.310 e. The van der Waals surface area contributed by atoms with Crippen LogP contribution in [0.25, 0.3) is 60.5 Å². The fourth-order valence-electron chi connectivity index (χ4n) is 11.3. The van der Waals surface area contributed by atoms with Gasteiger partial charge >= 0.3 is 0 Å². The Labute approximate surface area is 352 Å². The molecular weight excluding hydrogens is 725 g/mol. The summed E-state index contributed by atoms with van der Waals surface area (Å²) in [6.45, 7) is 0. The lowest BCUT2D eigenvalue weighted by molar-refractivity contribution is 0.0845. The van der Waals surface area contributed by atoms with E-state index in [-0.39, 0.29) is 5.41 Å². The van der Waals surface area contributed by atoms with Gasteiger partial charge in [0.25, 0.3) is 0 Å². The van der Waals surface area contributed by atoms with Crippen LogP contribution >= 0.6 is 0 Å². The van der Waals surface area contributed by atoms with Gasteiger partial charge in [-0.25, -0.2) is 0 Å². The molecule has 288 valence electrons. The van der Waals surface area contributed by atoms with E-state index in [0.29, 0.717) is 5.92 Å². The lowest BCUT2D eigenvalue weighted by atomic mass is 9.55. The number of hydrogen-bond donors (Lipinski definition) is 0. The van der Waals surface area contributed by atoms with E-state index in [1.54, 1.807) is 0 Å². The van der Waals surface area contributed by atoms with Crippen molar-refractivity contribution in [3.8, 4) is 39.8 Å². The lowest BCUT2D eigenvalue weighted by Gasteiger charge is -2.49. The van der Waals surface area contributed by atoms with Gasteiger partial charge in [-0.2, -0.15) is 0 Å². The van der Waals surface area contributed by atoms with E-state index in [1.165, 1.54) is 110 Å². The van der Waals surface area contributed by atoms with E-state index in [4.69, 9.17) is 0 Å². The molecule has 4 aliphatic rings. The summed E-state index contributed by atoms with van der Waals surface area (Å²) in [7, 11) is 0. The minimum absolute atomic E-state index is 0.134. The first-order chi connectivity index (χ1) is 29.7. The zero-order chi connectivity index (χ0) is 39.6. The third-order valence-electron chi connectivity index (χ3n) is 14.1. The molecule has 0 aliphatic heterocycles. The second kappa shape index (κ2) is 14.2. The van der Waals surface area contributed by atoms with Crippen molar-refractivity contribution in [2.75, 3.05) is 4.90 Å². The third-order valence-corrected chi connectivity index (χ3v) is 14.1. The predicted molar refractivity (Wildman–Crippen MR) is 251 cm³/mol. The zero-order valence-electron chi connectivity index (χ0n) is 33.8. The smallest absolute Gasteiger partial charge is 0.0541 e. The Morgan fingerprint density at radius 1 is 0.483 bits per heavy atom. The van der Waals surface area contributed by atoms with Crippen molar-refractivity contribution in [1.82, 2.24) is 4.57 Å². The molecule has 2 atom stereocenters. The van der Waals surface area contributed by atoms with Gasteiger partial charge < -0.3 is 9.47 Å². The largest absolute Gasteiger partial charge is 0.310 e. The molecule has 0 saturated heterocycles. The molecular formula is C58H46N2. The third kappa shape index (κ3) is 5.95. The van der Waals surface area contributed by atoms with E-state index in [2.05, 4.69) is 209 Å². The maximum atomic E-state index is 3.66. The van der Waals surface area contributed by atoms with Crippen molar-refractivity contribution in [1.29, 1.82) is 0 Å². The van der Waals surface area contributed by atoms with Crippen LogP contribution in [0.2, 0.25) is 0 Å². The number of aromatic nitrogens is 1. The monoisotopic (exact) mass is 770 g/mol. The molecule has 1 aromatic heterocycles. The van der Waals surface area contributed by atoms with Crippen LogP contribution in [-0.2, 0) is 5.41 Å². The Morgan fingerprint density at radius 3 is 1.88 bits per heavy atom. The molecule has 3 saturated carbocycles. The number of anilines is 3. The van der Waals surface area contributed by atoms with Crippen LogP contribution in [0, 0.1) is 29.6 Å². The topological polar surface area (TPSA) is 8.17 Å². The normalized spacial score (nSPS) is 20.5. The molecule has 13 rings (SSSR count). The summed E-state index contributed by atoms with van der Waals surface area (Å²) in [5, 5.41) is 5.06. The summed E-state index contributed by atoms with van der Waals surface area (Å²) in [5.41, 5.74) is 13.6. The summed E-state index contributed by atoms with van der Waals surface area (Å²) in [4.78, 5) is 2.48. The van der Waals surface area contributed by atoms with E-state index < -0.39 is 0 Å². The fourth-order valence-corrected chi connectivity index (χ4v) is 11.3. The summed E-state index contributed by atoms with van der Waals surface area (Å²) in [5.74, 6) is 9.59. The van der Waals surface area contributed by atoms with Crippen molar-refractivity contribution in [2.24, 2.45) is 17.8 Å². The van der Waals surface area contributed by atoms with Gasteiger partial charge in [0.2, 0.25) is 0 Å². The fraction of sp³-hybridized carbons (Fsp3) is 0.172. The molecule has 60 heavy (non-hydrogen) atoms. The van der Waals surface area contributed by atoms with Crippen LogP contribution in [0.5, 0.6) is 0 Å². The van der Waals surface area contributed by atoms with Crippen LogP contribution in [0.4, 0.5) is 17.1 Å². The molecule has 0 amide bonds. The molecule has 9 aromatic rings. The van der Waals surface area contributed by atoms with Crippen molar-refractivity contribution in [3.63, 3.8) is 0 Å². The van der Waals surface area contributed by atoms with Gasteiger partial charge in [0.05, 0.1) is 16.7 Å². The summed E-state index contributed by atoms with van der Waals surface area (Å²) < 4.78 is 2.39. The lowest BCUT2D eigenvalue weighted by Crippen LogP contribution is -2.41. The Morgan fingerprint density at radius 2 is 1.12 bits per heavy atom. The molecule has 0 N–H and O–H groups in total. The van der Waals surface area contributed by atoms with Crippen molar-refractivity contribution >= 4 is 49.6 Å². The van der Waals surface area contributed by atoms with Gasteiger partial charge in [0.1, 0.15) is 0 Å². The number of nitrogens with zero attached hydrogens (tertiary/aromatic N) is 2. The number of rotatable bonds is 7. The van der Waals surface area contributed by atoms with Crippen molar-refractivity contribution in [2.45, 2.75) is 43.9 Å². The summed E-state index contributed by atoms with van der Waals surface area (Å²) in [6, 6.07) is 69.6. The molecule has 2 heteroatoms. The molecule has 2 nitrogen and oxygen atoms in total. The van der Waals surface area contributed by atoms with Crippen molar-refractivity contribution in [3.05, 3.63) is 194 Å². The average molecular weight is 771 g/mol. The predicted octanol–water partition coefficient (Wildman–Crippen LogP) is 15.2. The van der Waals surface area contributed by atoms with Crippen LogP contribution in [0.3, 0.4) is 0 Å². The second-order valence-electron chi connectivity index (χ2n) is 17.8. The van der Waals surface area contributed by atoms with E-state index in [9.17, 15) is 0 Å². The molecule has 3 fully saturated rings. The number of benzene rings is 8. The standard InChI is InChI=1S/C58H46N2/c1-2-18-52-46(12-1)13-8-23-55(52)59(51-17-9-15-48(37-51)58-32-10-11-40(38-58)33-41-34-42(35-41)39-58)49-30-28-44(29-31-49)43-24-26-45(27-25-43)47-14-7-16-50(36-47)60-56-21-5-3-19-53(56)54-20-4-6-22-57(54)60/h1-9,12-31,36-37,40-42H,32-35,38-39H2/t40-,41?,42?,58?/m0/s1. The van der Waals surface area contributed by atoms with Gasteiger partial charge in [-0.1, -0.05) is 139 Å². The first-order valence-corrected chi connectivity index (χ1v) is 21.8. The van der Waals surface area contributed by atoms with E-state index in [1.807, 2.05) is 0 Å². The summed E-state index contributed by atoms with van der Waals surface area (Å²) in [6.07, 6.45) is 7.53. The molecule has 4 bridgehead atoms. The molecule has 1 heterocycles. The quantitative estimate of drug-likeness (QED) is 0.147. The number of para-hydroxylation sites is 2. The zero-order valence-corrected chi connectivity index (χ0v) is 33.8. The highest BCUT2D eigenvalue weighted by Crippen LogP contribution is 2.54. The average Bonchev–Trinajstić information content (AvgIpc) is 3.63. The van der Waals surface area contributed by atoms with Crippen LogP contribution in [0.15, 0.2) is 188 Å². The van der Waals surface area contributed by atoms with Gasteiger partial charge in [-0.3, -0.25) is 0 Å². The Hall–Kier alpha value is -6.82. The number of hydrogen-bond acceptors (Lipinski definition) is 1. The number of fused-ring (bicyclic) bond motifs is 4. The maximum Gasteiger partial charge on any atom is 0.0541 e. The van der Waals surface area contributed by atoms with Gasteiger partial charge in [-0.05, 0) is 132 Å². The van der Waals surface area contributed by atoms with E-state index in [0.717, 1.165) is 23.9 Å².